The van der Waals surface area contributed by atoms with E-state index in [2.05, 4.69) is 15.4 Å². The first-order chi connectivity index (χ1) is 17.4. The fourth-order valence-electron chi connectivity index (χ4n) is 5.06. The summed E-state index contributed by atoms with van der Waals surface area (Å²) in [4.78, 5) is 31.5. The van der Waals surface area contributed by atoms with Crippen LogP contribution in [0.3, 0.4) is 0 Å². The quantitative estimate of drug-likeness (QED) is 0.424. The molecule has 0 aromatic carbocycles. The van der Waals surface area contributed by atoms with Crippen LogP contribution in [0.15, 0.2) is 12.3 Å². The zero-order valence-corrected chi connectivity index (χ0v) is 21.0. The molecule has 5 rings (SSSR count). The second-order valence-electron chi connectivity index (χ2n) is 9.83. The third-order valence-corrected chi connectivity index (χ3v) is 8.33. The van der Waals surface area contributed by atoms with E-state index in [4.69, 9.17) is 5.73 Å². The van der Waals surface area contributed by atoms with Crippen LogP contribution in [0.1, 0.15) is 119 Å². The van der Waals surface area contributed by atoms with Gasteiger partial charge in [-0.15, -0.1) is 11.3 Å². The first kappa shape index (κ1) is 24.8. The van der Waals surface area contributed by atoms with Gasteiger partial charge in [0.1, 0.15) is 16.3 Å². The van der Waals surface area contributed by atoms with Crippen molar-refractivity contribution in [2.45, 2.75) is 89.4 Å². The first-order valence-corrected chi connectivity index (χ1v) is 13.7. The van der Waals surface area contributed by atoms with Gasteiger partial charge >= 0.3 is 0 Å². The summed E-state index contributed by atoms with van der Waals surface area (Å²) in [6, 6.07) is 1.38. The number of thiophene rings is 1. The largest absolute Gasteiger partial charge is 0.365 e. The molecule has 0 radical (unpaired) electrons. The van der Waals surface area contributed by atoms with E-state index in [1.54, 1.807) is 0 Å². The average molecular weight is 516 g/mol. The summed E-state index contributed by atoms with van der Waals surface area (Å²) in [5, 5.41) is 7.30. The molecule has 2 aliphatic carbocycles. The van der Waals surface area contributed by atoms with E-state index in [0.717, 1.165) is 66.3 Å². The Morgan fingerprint density at radius 1 is 1.06 bits per heavy atom. The number of fused-ring (bicyclic) bond motifs is 2. The number of aryl methyl sites for hydroxylation is 1. The van der Waals surface area contributed by atoms with Gasteiger partial charge < -0.3 is 11.1 Å². The summed E-state index contributed by atoms with van der Waals surface area (Å²) in [5.41, 5.74) is 7.59. The highest BCUT2D eigenvalue weighted by Gasteiger charge is 2.30. The van der Waals surface area contributed by atoms with E-state index in [9.17, 15) is 18.4 Å². The van der Waals surface area contributed by atoms with Gasteiger partial charge in [-0.25, -0.2) is 18.3 Å². The summed E-state index contributed by atoms with van der Waals surface area (Å²) in [5.74, 6) is -0.965. The van der Waals surface area contributed by atoms with Crippen LogP contribution in [-0.2, 0) is 12.8 Å². The predicted octanol–water partition coefficient (Wildman–Crippen LogP) is 6.18. The molecule has 0 bridgehead atoms. The molecule has 0 saturated heterocycles. The normalized spacial score (nSPS) is 17.4. The second kappa shape index (κ2) is 10.6. The van der Waals surface area contributed by atoms with Gasteiger partial charge in [0.2, 0.25) is 0 Å². The molecule has 3 aromatic rings. The van der Waals surface area contributed by atoms with E-state index in [1.165, 1.54) is 49.3 Å². The lowest BCUT2D eigenvalue weighted by atomic mass is 9.97. The molecule has 3 heterocycles. The van der Waals surface area contributed by atoms with Crippen molar-refractivity contribution in [3.8, 4) is 0 Å². The Hall–Kier alpha value is -2.88. The fourth-order valence-corrected chi connectivity index (χ4v) is 6.34. The van der Waals surface area contributed by atoms with E-state index in [-0.39, 0.29) is 22.8 Å². The number of hydrogen-bond acceptors (Lipinski definition) is 5. The minimum absolute atomic E-state index is 0.0946. The SMILES string of the molecule is NC(=O)c1c(NC(=O)c2cnn3c(C(F)F)cc(C4CC4)nc23)sc2c1CCCCCCCCCC2. The molecule has 1 saturated carbocycles. The first-order valence-electron chi connectivity index (χ1n) is 12.9. The van der Waals surface area contributed by atoms with Crippen LogP contribution in [0.5, 0.6) is 0 Å². The average Bonchev–Trinajstić information content (AvgIpc) is 3.51. The van der Waals surface area contributed by atoms with Crippen molar-refractivity contribution in [2.24, 2.45) is 5.73 Å². The van der Waals surface area contributed by atoms with E-state index in [1.807, 2.05) is 0 Å². The van der Waals surface area contributed by atoms with Crippen molar-refractivity contribution in [3.63, 3.8) is 0 Å². The highest BCUT2D eigenvalue weighted by Crippen LogP contribution is 2.41. The van der Waals surface area contributed by atoms with Crippen molar-refractivity contribution in [1.82, 2.24) is 14.6 Å². The van der Waals surface area contributed by atoms with Crippen LogP contribution in [0.4, 0.5) is 13.8 Å². The van der Waals surface area contributed by atoms with Gasteiger partial charge in [-0.3, -0.25) is 9.59 Å². The van der Waals surface area contributed by atoms with Crippen molar-refractivity contribution in [1.29, 1.82) is 0 Å². The number of primary amides is 1. The number of halogens is 2. The number of carbonyl (C=O) groups excluding carboxylic acids is 2. The molecule has 0 spiro atoms. The monoisotopic (exact) mass is 515 g/mol. The topological polar surface area (TPSA) is 102 Å². The van der Waals surface area contributed by atoms with Crippen LogP contribution in [0.25, 0.3) is 5.65 Å². The van der Waals surface area contributed by atoms with Gasteiger partial charge in [-0.05, 0) is 50.2 Å². The summed E-state index contributed by atoms with van der Waals surface area (Å²) >= 11 is 1.40. The highest BCUT2D eigenvalue weighted by molar-refractivity contribution is 7.17. The number of nitrogens with two attached hydrogens (primary N) is 1. The number of hydrogen-bond donors (Lipinski definition) is 2. The minimum atomic E-state index is -2.75. The van der Waals surface area contributed by atoms with Crippen LogP contribution < -0.4 is 11.1 Å². The van der Waals surface area contributed by atoms with Gasteiger partial charge in [0.05, 0.1) is 11.8 Å². The lowest BCUT2D eigenvalue weighted by Crippen LogP contribution is -2.18. The Kier molecular flexibility index (Phi) is 7.32. The highest BCUT2D eigenvalue weighted by atomic mass is 32.1. The lowest BCUT2D eigenvalue weighted by Gasteiger charge is -2.09. The van der Waals surface area contributed by atoms with Gasteiger partial charge in [0.15, 0.2) is 5.65 Å². The van der Waals surface area contributed by atoms with Crippen molar-refractivity contribution in [2.75, 3.05) is 5.32 Å². The Bertz CT molecular complexity index is 1280. The Morgan fingerprint density at radius 3 is 2.36 bits per heavy atom. The minimum Gasteiger partial charge on any atom is -0.365 e. The Morgan fingerprint density at radius 2 is 1.72 bits per heavy atom. The number of carbonyl (C=O) groups is 2. The number of nitrogens with zero attached hydrogens (tertiary/aromatic N) is 3. The fraction of sp³-hybridized carbons (Fsp3) is 0.538. The summed E-state index contributed by atoms with van der Waals surface area (Å²) in [6.07, 6.45) is 11.0. The summed E-state index contributed by atoms with van der Waals surface area (Å²) in [6.45, 7) is 0. The molecular formula is C26H31F2N5O2S. The number of nitrogens with one attached hydrogen (secondary N) is 1. The molecule has 7 nitrogen and oxygen atoms in total. The van der Waals surface area contributed by atoms with Gasteiger partial charge in [-0.1, -0.05) is 38.5 Å². The second-order valence-corrected chi connectivity index (χ2v) is 10.9. The van der Waals surface area contributed by atoms with Gasteiger partial charge in [0, 0.05) is 16.5 Å². The maximum Gasteiger partial charge on any atom is 0.280 e. The number of aromatic nitrogens is 3. The Labute approximate surface area is 212 Å². The molecule has 36 heavy (non-hydrogen) atoms. The predicted molar refractivity (Wildman–Crippen MR) is 135 cm³/mol. The van der Waals surface area contributed by atoms with Crippen molar-refractivity contribution in [3.05, 3.63) is 45.2 Å². The van der Waals surface area contributed by atoms with Gasteiger partial charge in [0.25, 0.3) is 18.2 Å². The van der Waals surface area contributed by atoms with Crippen LogP contribution in [0, 0.1) is 0 Å². The smallest absolute Gasteiger partial charge is 0.280 e. The molecule has 3 aromatic heterocycles. The molecule has 2 aliphatic rings. The summed E-state index contributed by atoms with van der Waals surface area (Å²) < 4.78 is 28.5. The van der Waals surface area contributed by atoms with Gasteiger partial charge in [-0.2, -0.15) is 5.10 Å². The zero-order chi connectivity index (χ0) is 25.2. The Balaban J connectivity index is 1.48. The van der Waals surface area contributed by atoms with Crippen molar-refractivity contribution >= 4 is 33.8 Å². The maximum atomic E-state index is 13.7. The molecule has 3 N–H and O–H groups in total. The molecule has 0 aliphatic heterocycles. The van der Waals surface area contributed by atoms with E-state index in [0.29, 0.717) is 16.3 Å². The molecule has 2 amide bonds. The van der Waals surface area contributed by atoms with E-state index >= 15 is 0 Å². The van der Waals surface area contributed by atoms with Crippen LogP contribution in [0.2, 0.25) is 0 Å². The number of anilines is 1. The molecule has 0 atom stereocenters. The van der Waals surface area contributed by atoms with Crippen LogP contribution >= 0.6 is 11.3 Å². The van der Waals surface area contributed by atoms with Crippen LogP contribution in [-0.4, -0.2) is 26.4 Å². The standard InChI is InChI=1S/C26H31F2N5O2S/c27-22(28)19-13-18(15-11-12-15)31-24-17(14-30-33(19)24)25(35)32-26-21(23(29)34)16-9-7-5-3-1-2-4-6-8-10-20(16)36-26/h13-15,22H,1-12H2,(H2,29,34)(H,32,35). The lowest BCUT2D eigenvalue weighted by molar-refractivity contribution is 0.100. The molecule has 10 heteroatoms. The molecule has 0 unspecified atom stereocenters. The molecular weight excluding hydrogens is 484 g/mol. The number of amides is 2. The third kappa shape index (κ3) is 5.14. The molecule has 192 valence electrons. The summed E-state index contributed by atoms with van der Waals surface area (Å²) in [7, 11) is 0. The van der Waals surface area contributed by atoms with E-state index < -0.39 is 18.2 Å². The third-order valence-electron chi connectivity index (χ3n) is 7.13. The zero-order valence-electron chi connectivity index (χ0n) is 20.2. The van der Waals surface area contributed by atoms with Crippen molar-refractivity contribution < 1.29 is 18.4 Å². The maximum absolute atomic E-state index is 13.7. The number of rotatable bonds is 5. The number of alkyl halides is 2. The molecule has 1 fully saturated rings.